The molecule has 12 heteroatoms. The number of aromatic nitrogens is 1. The number of benzene rings is 3. The van der Waals surface area contributed by atoms with Crippen LogP contribution in [0.5, 0.6) is 0 Å². The van der Waals surface area contributed by atoms with Crippen LogP contribution in [0.1, 0.15) is 49.8 Å². The van der Waals surface area contributed by atoms with Crippen LogP contribution in [0.25, 0.3) is 11.1 Å². The normalized spacial score (nSPS) is 17.8. The maximum atomic E-state index is 14.3. The molecule has 4 aromatic rings. The number of para-hydroxylation sites is 2. The number of Topliss-reactive ketones (excluding diaryl/α,β-unsaturated/α-hetero) is 1. The number of rotatable bonds is 13. The molecule has 3 N–H and O–H groups in total. The lowest BCUT2D eigenvalue weighted by Gasteiger charge is -2.42. The lowest BCUT2D eigenvalue weighted by atomic mass is 10.0. The summed E-state index contributed by atoms with van der Waals surface area (Å²) in [5.74, 6) is -2.00. The van der Waals surface area contributed by atoms with Gasteiger partial charge in [-0.2, -0.15) is 4.98 Å². The summed E-state index contributed by atoms with van der Waals surface area (Å²) in [6.45, 7) is 3.14. The number of ketones is 1. The number of hydrogen-bond donors (Lipinski definition) is 3. The Balaban J connectivity index is 1.24. The van der Waals surface area contributed by atoms with Crippen LogP contribution in [0.3, 0.4) is 0 Å². The van der Waals surface area contributed by atoms with E-state index in [1.807, 2.05) is 78.6 Å². The molecule has 1 saturated carbocycles. The van der Waals surface area contributed by atoms with Crippen LogP contribution >= 0.6 is 11.6 Å². The molecule has 11 nitrogen and oxygen atoms in total. The third kappa shape index (κ3) is 8.03. The molecule has 3 atom stereocenters. The van der Waals surface area contributed by atoms with Crippen molar-refractivity contribution in [3.63, 3.8) is 0 Å². The van der Waals surface area contributed by atoms with Gasteiger partial charge in [-0.25, -0.2) is 0 Å². The predicted molar refractivity (Wildman–Crippen MR) is 182 cm³/mol. The smallest absolute Gasteiger partial charge is 0.296 e. The second kappa shape index (κ2) is 15.0. The fourth-order valence-electron chi connectivity index (χ4n) is 5.92. The monoisotopic (exact) mass is 670 g/mol. The molecular formula is C36H39ClN6O5. The Morgan fingerprint density at radius 3 is 2.40 bits per heavy atom. The maximum Gasteiger partial charge on any atom is 0.296 e. The highest BCUT2D eigenvalue weighted by molar-refractivity contribution is 6.38. The fraction of sp³-hybridized carbons (Fsp3) is 0.361. The quantitative estimate of drug-likeness (QED) is 0.177. The number of oxazole rings is 1. The molecule has 48 heavy (non-hydrogen) atoms. The third-order valence-corrected chi connectivity index (χ3v) is 8.94. The number of halogens is 1. The van der Waals surface area contributed by atoms with Gasteiger partial charge in [0.25, 0.3) is 11.9 Å². The number of piperazine rings is 1. The van der Waals surface area contributed by atoms with Crippen molar-refractivity contribution in [3.05, 3.63) is 95.0 Å². The highest BCUT2D eigenvalue weighted by atomic mass is 35.5. The summed E-state index contributed by atoms with van der Waals surface area (Å²) in [7, 11) is 0. The van der Waals surface area contributed by atoms with Crippen molar-refractivity contribution >= 4 is 52.2 Å². The molecule has 1 saturated heterocycles. The van der Waals surface area contributed by atoms with E-state index in [0.29, 0.717) is 54.2 Å². The third-order valence-electron chi connectivity index (χ3n) is 8.69. The molecule has 3 aromatic carbocycles. The standard InChI is InChI=1S/C36H39ClN6O5/c1-2-8-28(32(44)34(46)38-26-17-18-26)39-33(45)29-22-43(20-19-42(29)21-23-13-15-25(37)16-14-23)35(47)31(24-9-4-3-5-10-24)41-36-40-27-11-6-7-12-30(27)48-36/h3-7,9-16,26,28-29,31H,2,8,17-22H2,1H3,(H,38,46)(H,39,45)(H,40,41)/t28-,29+,31+/m0/s1. The van der Waals surface area contributed by atoms with Gasteiger partial charge in [0.1, 0.15) is 17.6 Å². The van der Waals surface area contributed by atoms with Crippen molar-refractivity contribution in [2.24, 2.45) is 0 Å². The summed E-state index contributed by atoms with van der Waals surface area (Å²) in [5.41, 5.74) is 2.91. The van der Waals surface area contributed by atoms with Gasteiger partial charge in [0.15, 0.2) is 5.58 Å². The molecule has 1 aromatic heterocycles. The lowest BCUT2D eigenvalue weighted by Crippen LogP contribution is -2.62. The summed E-state index contributed by atoms with van der Waals surface area (Å²) in [4.78, 5) is 62.4. The van der Waals surface area contributed by atoms with E-state index in [1.54, 1.807) is 17.0 Å². The molecule has 3 amide bonds. The van der Waals surface area contributed by atoms with Crippen LogP contribution in [-0.2, 0) is 25.7 Å². The fourth-order valence-corrected chi connectivity index (χ4v) is 6.05. The van der Waals surface area contributed by atoms with Crippen LogP contribution in [0.15, 0.2) is 83.3 Å². The highest BCUT2D eigenvalue weighted by Crippen LogP contribution is 2.27. The van der Waals surface area contributed by atoms with E-state index in [0.717, 1.165) is 18.4 Å². The largest absolute Gasteiger partial charge is 0.424 e. The number of nitrogens with zero attached hydrogens (tertiary/aromatic N) is 3. The Morgan fingerprint density at radius 2 is 1.69 bits per heavy atom. The average molecular weight is 671 g/mol. The molecule has 1 aliphatic heterocycles. The van der Waals surface area contributed by atoms with Crippen molar-refractivity contribution < 1.29 is 23.6 Å². The van der Waals surface area contributed by atoms with Crippen molar-refractivity contribution in [1.29, 1.82) is 0 Å². The Bertz CT molecular complexity index is 1730. The summed E-state index contributed by atoms with van der Waals surface area (Å²) in [6, 6.07) is 21.7. The van der Waals surface area contributed by atoms with Crippen molar-refractivity contribution in [1.82, 2.24) is 25.4 Å². The van der Waals surface area contributed by atoms with Gasteiger partial charge in [-0.1, -0.05) is 79.5 Å². The first-order chi connectivity index (χ1) is 23.3. The first-order valence-electron chi connectivity index (χ1n) is 16.4. The maximum absolute atomic E-state index is 14.3. The van der Waals surface area contributed by atoms with Gasteiger partial charge in [-0.15, -0.1) is 0 Å². The zero-order valence-electron chi connectivity index (χ0n) is 26.7. The van der Waals surface area contributed by atoms with Crippen LogP contribution in [-0.4, -0.2) is 76.0 Å². The number of amides is 3. The number of anilines is 1. The van der Waals surface area contributed by atoms with E-state index in [2.05, 4.69) is 20.9 Å². The number of nitrogens with one attached hydrogen (secondary N) is 3. The van der Waals surface area contributed by atoms with Crippen LogP contribution < -0.4 is 16.0 Å². The summed E-state index contributed by atoms with van der Waals surface area (Å²) in [6.07, 6.45) is 2.61. The average Bonchev–Trinajstić information content (AvgIpc) is 3.82. The Kier molecular flexibility index (Phi) is 10.4. The first-order valence-corrected chi connectivity index (χ1v) is 16.8. The minimum Gasteiger partial charge on any atom is -0.424 e. The van der Waals surface area contributed by atoms with Gasteiger partial charge in [-0.05, 0) is 54.7 Å². The molecule has 0 spiro atoms. The SMILES string of the molecule is CCC[C@H](NC(=O)[C@H]1CN(C(=O)[C@H](Nc2nc3ccccc3o2)c2ccccc2)CCN1Cc1ccc(Cl)cc1)C(=O)C(=O)NC1CC1. The van der Waals surface area contributed by atoms with Gasteiger partial charge in [0, 0.05) is 37.2 Å². The number of hydrogen-bond acceptors (Lipinski definition) is 8. The zero-order chi connectivity index (χ0) is 33.6. The molecule has 0 unspecified atom stereocenters. The topological polar surface area (TPSA) is 137 Å². The zero-order valence-corrected chi connectivity index (χ0v) is 27.5. The van der Waals surface area contributed by atoms with Crippen molar-refractivity contribution in [2.45, 2.75) is 63.3 Å². The Labute approximate surface area is 284 Å². The van der Waals surface area contributed by atoms with E-state index in [-0.39, 0.29) is 24.5 Å². The molecular weight excluding hydrogens is 632 g/mol. The number of carbonyl (C=O) groups excluding carboxylic acids is 4. The van der Waals surface area contributed by atoms with Gasteiger partial charge in [0.05, 0.1) is 6.04 Å². The van der Waals surface area contributed by atoms with Crippen molar-refractivity contribution in [3.8, 4) is 0 Å². The van der Waals surface area contributed by atoms with E-state index >= 15 is 0 Å². The molecule has 0 radical (unpaired) electrons. The Morgan fingerprint density at radius 1 is 0.958 bits per heavy atom. The Hall–Kier alpha value is -4.74. The van der Waals surface area contributed by atoms with E-state index in [1.165, 1.54) is 0 Å². The van der Waals surface area contributed by atoms with E-state index < -0.39 is 35.7 Å². The van der Waals surface area contributed by atoms with Crippen molar-refractivity contribution in [2.75, 3.05) is 25.0 Å². The van der Waals surface area contributed by atoms with Crippen LogP contribution in [0, 0.1) is 0 Å². The minimum atomic E-state index is -0.970. The predicted octanol–water partition coefficient (Wildman–Crippen LogP) is 4.48. The minimum absolute atomic E-state index is 0.0214. The van der Waals surface area contributed by atoms with Crippen LogP contribution in [0.2, 0.25) is 5.02 Å². The first kappa shape index (κ1) is 33.2. The number of fused-ring (bicyclic) bond motifs is 1. The number of carbonyl (C=O) groups is 4. The van der Waals surface area contributed by atoms with Gasteiger partial charge in [0.2, 0.25) is 17.6 Å². The summed E-state index contributed by atoms with van der Waals surface area (Å²) < 4.78 is 5.91. The molecule has 1 aliphatic carbocycles. The molecule has 2 fully saturated rings. The molecule has 2 aliphatic rings. The van der Waals surface area contributed by atoms with Gasteiger partial charge in [-0.3, -0.25) is 24.1 Å². The molecule has 2 heterocycles. The van der Waals surface area contributed by atoms with Gasteiger partial charge >= 0.3 is 0 Å². The second-order valence-electron chi connectivity index (χ2n) is 12.3. The molecule has 0 bridgehead atoms. The van der Waals surface area contributed by atoms with E-state index in [9.17, 15) is 19.2 Å². The summed E-state index contributed by atoms with van der Waals surface area (Å²) >= 11 is 6.12. The molecule has 6 rings (SSSR count). The van der Waals surface area contributed by atoms with Crippen LogP contribution in [0.4, 0.5) is 6.01 Å². The van der Waals surface area contributed by atoms with E-state index in [4.69, 9.17) is 16.0 Å². The second-order valence-corrected chi connectivity index (χ2v) is 12.8. The van der Waals surface area contributed by atoms with Gasteiger partial charge < -0.3 is 25.3 Å². The molecule has 250 valence electrons. The summed E-state index contributed by atoms with van der Waals surface area (Å²) in [5, 5.41) is 9.41. The lowest BCUT2D eigenvalue weighted by molar-refractivity contribution is -0.142. The highest BCUT2D eigenvalue weighted by Gasteiger charge is 2.39.